The van der Waals surface area contributed by atoms with E-state index >= 15 is 0 Å². The number of hydrogen-bond acceptors (Lipinski definition) is 7. The Morgan fingerprint density at radius 2 is 2.00 bits per heavy atom. The molecule has 0 aliphatic carbocycles. The van der Waals surface area contributed by atoms with E-state index < -0.39 is 0 Å². The Morgan fingerprint density at radius 3 is 2.77 bits per heavy atom. The van der Waals surface area contributed by atoms with Gasteiger partial charge in [-0.05, 0) is 85.8 Å². The van der Waals surface area contributed by atoms with E-state index in [-0.39, 0.29) is 6.23 Å². The molecule has 2 aromatic heterocycles. The molecule has 5 N–H and O–H groups in total. The number of aromatic amines is 1. The molecule has 0 bridgehead atoms. The molecule has 6 rings (SSSR count). The SMILES string of the molecule is CC1(C)CCN(Cc2cc3ccc(Cn4cc(-c5cc(N)cc(NC6CCCCO6)c5C=N)nn4)cc3[nH]2)CC1. The Kier molecular flexibility index (Phi) is 7.33. The Labute approximate surface area is 235 Å². The molecule has 2 fully saturated rings. The van der Waals surface area contributed by atoms with Crippen LogP contribution >= 0.6 is 0 Å². The minimum Gasteiger partial charge on any atom is -0.399 e. The maximum atomic E-state index is 8.12. The Hall–Kier alpha value is -3.69. The predicted octanol–water partition coefficient (Wildman–Crippen LogP) is 5.62. The van der Waals surface area contributed by atoms with Crippen LogP contribution in [0.4, 0.5) is 11.4 Å². The second-order valence-corrected chi connectivity index (χ2v) is 12.1. The van der Waals surface area contributed by atoms with Gasteiger partial charge in [-0.3, -0.25) is 4.90 Å². The van der Waals surface area contributed by atoms with E-state index in [0.29, 0.717) is 23.3 Å². The molecule has 0 spiro atoms. The summed E-state index contributed by atoms with van der Waals surface area (Å²) in [5.41, 5.74) is 13.9. The maximum absolute atomic E-state index is 8.12. The fourth-order valence-electron chi connectivity index (χ4n) is 5.85. The summed E-state index contributed by atoms with van der Waals surface area (Å²) < 4.78 is 7.69. The predicted molar refractivity (Wildman–Crippen MR) is 161 cm³/mol. The van der Waals surface area contributed by atoms with E-state index in [1.54, 1.807) is 0 Å². The molecule has 9 nitrogen and oxygen atoms in total. The van der Waals surface area contributed by atoms with Crippen molar-refractivity contribution in [3.05, 3.63) is 59.4 Å². The highest BCUT2D eigenvalue weighted by molar-refractivity contribution is 5.96. The monoisotopic (exact) mass is 540 g/mol. The molecule has 1 unspecified atom stereocenters. The number of nitrogens with one attached hydrogen (secondary N) is 3. The normalized spacial score (nSPS) is 19.6. The van der Waals surface area contributed by atoms with Crippen molar-refractivity contribution >= 4 is 28.5 Å². The first-order valence-corrected chi connectivity index (χ1v) is 14.4. The van der Waals surface area contributed by atoms with Crippen molar-refractivity contribution in [1.82, 2.24) is 24.9 Å². The Balaban J connectivity index is 1.17. The first kappa shape index (κ1) is 26.5. The van der Waals surface area contributed by atoms with Gasteiger partial charge < -0.3 is 26.2 Å². The lowest BCUT2D eigenvalue weighted by molar-refractivity contribution is 0.0343. The molecule has 4 aromatic rings. The summed E-state index contributed by atoms with van der Waals surface area (Å²) in [7, 11) is 0. The zero-order valence-electron chi connectivity index (χ0n) is 23.5. The van der Waals surface area contributed by atoms with Crippen molar-refractivity contribution in [3.63, 3.8) is 0 Å². The lowest BCUT2D eigenvalue weighted by atomic mass is 9.83. The average molecular weight is 541 g/mol. The van der Waals surface area contributed by atoms with Crippen LogP contribution in [0.15, 0.2) is 42.6 Å². The van der Waals surface area contributed by atoms with Crippen molar-refractivity contribution in [2.24, 2.45) is 5.41 Å². The summed E-state index contributed by atoms with van der Waals surface area (Å²) in [6.07, 6.45) is 8.82. The standard InChI is InChI=1S/C31H40N8O/c1-31(2)8-10-38(11-9-31)19-24-14-22-7-6-21(13-27(22)34-24)18-39-20-29(36-37-39)25-15-23(33)16-28(26(25)17-32)35-30-5-3-4-12-40-30/h6-7,13-17,20,30,32,34-35H,3-5,8-12,18-19,33H2,1-2H3. The minimum atomic E-state index is -0.0757. The van der Waals surface area contributed by atoms with Crippen LogP contribution in [0.1, 0.15) is 62.8 Å². The smallest absolute Gasteiger partial charge is 0.127 e. The highest BCUT2D eigenvalue weighted by Crippen LogP contribution is 2.32. The number of anilines is 2. The van der Waals surface area contributed by atoms with Crippen molar-refractivity contribution < 1.29 is 4.74 Å². The number of nitrogens with two attached hydrogens (primary N) is 1. The number of rotatable bonds is 8. The van der Waals surface area contributed by atoms with Crippen molar-refractivity contribution in [3.8, 4) is 11.3 Å². The van der Waals surface area contributed by atoms with Gasteiger partial charge in [0.25, 0.3) is 0 Å². The van der Waals surface area contributed by atoms with E-state index in [9.17, 15) is 0 Å². The van der Waals surface area contributed by atoms with Gasteiger partial charge in [0.1, 0.15) is 11.9 Å². The molecule has 0 radical (unpaired) electrons. The summed E-state index contributed by atoms with van der Waals surface area (Å²) in [5.74, 6) is 0. The molecule has 1 atom stereocenters. The van der Waals surface area contributed by atoms with Crippen LogP contribution in [0, 0.1) is 10.8 Å². The van der Waals surface area contributed by atoms with Crippen molar-refractivity contribution in [2.75, 3.05) is 30.7 Å². The number of likely N-dealkylation sites (tertiary alicyclic amines) is 1. The molecule has 40 heavy (non-hydrogen) atoms. The second kappa shape index (κ2) is 11.1. The zero-order valence-corrected chi connectivity index (χ0v) is 23.5. The number of piperidine rings is 1. The molecule has 0 amide bonds. The van der Waals surface area contributed by atoms with Gasteiger partial charge in [0.05, 0.1) is 12.7 Å². The maximum Gasteiger partial charge on any atom is 0.127 e. The number of H-pyrrole nitrogens is 1. The van der Waals surface area contributed by atoms with Gasteiger partial charge in [-0.1, -0.05) is 31.2 Å². The molecule has 2 aromatic carbocycles. The third-order valence-corrected chi connectivity index (χ3v) is 8.35. The number of nitrogens with zero attached hydrogens (tertiary/aromatic N) is 4. The first-order valence-electron chi connectivity index (χ1n) is 14.4. The van der Waals surface area contributed by atoms with Crippen LogP contribution in [0.3, 0.4) is 0 Å². The highest BCUT2D eigenvalue weighted by atomic mass is 16.5. The van der Waals surface area contributed by atoms with Crippen molar-refractivity contribution in [1.29, 1.82) is 5.41 Å². The summed E-state index contributed by atoms with van der Waals surface area (Å²) in [5, 5.41) is 21.6. The Bertz CT molecular complexity index is 1490. The van der Waals surface area contributed by atoms with Crippen molar-refractivity contribution in [2.45, 2.75) is 65.3 Å². The minimum absolute atomic E-state index is 0.0757. The summed E-state index contributed by atoms with van der Waals surface area (Å²) in [4.78, 5) is 6.19. The quantitative estimate of drug-likeness (QED) is 0.170. The van der Waals surface area contributed by atoms with Crippen LogP contribution in [0.25, 0.3) is 22.2 Å². The summed E-state index contributed by atoms with van der Waals surface area (Å²) >= 11 is 0. The van der Waals surface area contributed by atoms with E-state index in [1.807, 2.05) is 23.0 Å². The second-order valence-electron chi connectivity index (χ2n) is 12.1. The van der Waals surface area contributed by atoms with E-state index in [2.05, 4.69) is 63.6 Å². The van der Waals surface area contributed by atoms with Gasteiger partial charge in [-0.15, -0.1) is 5.10 Å². The average Bonchev–Trinajstić information content (AvgIpc) is 3.56. The molecule has 2 aliphatic heterocycles. The van der Waals surface area contributed by atoms with Gasteiger partial charge in [0, 0.05) is 53.1 Å². The molecule has 0 saturated carbocycles. The molecular weight excluding hydrogens is 500 g/mol. The van der Waals surface area contributed by atoms with E-state index in [0.717, 1.165) is 73.4 Å². The molecule has 2 saturated heterocycles. The van der Waals surface area contributed by atoms with Crippen LogP contribution in [-0.2, 0) is 17.8 Å². The molecule has 2 aliphatic rings. The van der Waals surface area contributed by atoms with Gasteiger partial charge >= 0.3 is 0 Å². The number of ether oxygens (including phenoxy) is 1. The zero-order chi connectivity index (χ0) is 27.7. The third-order valence-electron chi connectivity index (χ3n) is 8.35. The fraction of sp³-hybridized carbons (Fsp3) is 0.452. The van der Waals surface area contributed by atoms with Gasteiger partial charge in [0.15, 0.2) is 0 Å². The van der Waals surface area contributed by atoms with E-state index in [1.165, 1.54) is 30.1 Å². The Morgan fingerprint density at radius 1 is 1.15 bits per heavy atom. The number of fused-ring (bicyclic) bond motifs is 1. The fourth-order valence-corrected chi connectivity index (χ4v) is 5.85. The number of hydrogen-bond donors (Lipinski definition) is 4. The largest absolute Gasteiger partial charge is 0.399 e. The van der Waals surface area contributed by atoms with Gasteiger partial charge in [-0.2, -0.15) is 0 Å². The summed E-state index contributed by atoms with van der Waals surface area (Å²) in [6.45, 7) is 9.36. The molecular formula is C31H40N8O. The van der Waals surface area contributed by atoms with Gasteiger partial charge in [-0.25, -0.2) is 4.68 Å². The number of benzene rings is 2. The molecule has 4 heterocycles. The van der Waals surface area contributed by atoms with Crippen LogP contribution in [-0.4, -0.2) is 57.0 Å². The lowest BCUT2D eigenvalue weighted by Crippen LogP contribution is -2.36. The number of nitrogen functional groups attached to an aromatic ring is 1. The van der Waals surface area contributed by atoms with Crippen LogP contribution < -0.4 is 11.1 Å². The lowest BCUT2D eigenvalue weighted by Gasteiger charge is -2.36. The topological polar surface area (TPSA) is 121 Å². The van der Waals surface area contributed by atoms with Crippen LogP contribution in [0.2, 0.25) is 0 Å². The third kappa shape index (κ3) is 5.90. The highest BCUT2D eigenvalue weighted by Gasteiger charge is 2.25. The van der Waals surface area contributed by atoms with Crippen LogP contribution in [0.5, 0.6) is 0 Å². The summed E-state index contributed by atoms with van der Waals surface area (Å²) in [6, 6.07) is 12.5. The number of aromatic nitrogens is 4. The molecule has 210 valence electrons. The van der Waals surface area contributed by atoms with Gasteiger partial charge in [0.2, 0.25) is 0 Å². The van der Waals surface area contributed by atoms with E-state index in [4.69, 9.17) is 15.9 Å². The molecule has 9 heteroatoms. The first-order chi connectivity index (χ1) is 19.3.